The molecule has 2 aromatic rings. The molecule has 23 heavy (non-hydrogen) atoms. The zero-order valence-electron chi connectivity index (χ0n) is 12.6. The molecule has 0 saturated carbocycles. The maximum absolute atomic E-state index is 11.1. The third-order valence-electron chi connectivity index (χ3n) is 3.61. The van der Waals surface area contributed by atoms with Crippen molar-refractivity contribution < 1.29 is 9.66 Å². The third-order valence-corrected chi connectivity index (χ3v) is 3.61. The highest BCUT2D eigenvalue weighted by Gasteiger charge is 2.15. The fourth-order valence-electron chi connectivity index (χ4n) is 2.47. The fourth-order valence-corrected chi connectivity index (χ4v) is 2.47. The highest BCUT2D eigenvalue weighted by atomic mass is 16.6. The molecule has 118 valence electrons. The van der Waals surface area contributed by atoms with E-state index in [9.17, 15) is 10.1 Å². The number of amidine groups is 1. The van der Waals surface area contributed by atoms with Crippen LogP contribution in [0.5, 0.6) is 5.75 Å². The topological polar surface area (TPSA) is 76.8 Å². The number of para-hydroxylation sites is 2. The summed E-state index contributed by atoms with van der Waals surface area (Å²) in [5.41, 5.74) is 1.50. The van der Waals surface area contributed by atoms with Crippen molar-refractivity contribution in [2.75, 3.05) is 13.1 Å². The summed E-state index contributed by atoms with van der Waals surface area (Å²) in [6.07, 6.45) is 1.02. The van der Waals surface area contributed by atoms with E-state index < -0.39 is 4.92 Å². The van der Waals surface area contributed by atoms with Gasteiger partial charge in [0.25, 0.3) is 5.69 Å². The summed E-state index contributed by atoms with van der Waals surface area (Å²) in [7, 11) is 0. The van der Waals surface area contributed by atoms with Crippen LogP contribution in [-0.2, 0) is 6.61 Å². The Kier molecular flexibility index (Phi) is 4.52. The lowest BCUT2D eigenvalue weighted by Gasteiger charge is -2.17. The molecule has 2 aromatic carbocycles. The van der Waals surface area contributed by atoms with Crippen LogP contribution in [0.1, 0.15) is 17.5 Å². The maximum atomic E-state index is 11.1. The molecule has 0 fully saturated rings. The number of ether oxygens (including phenoxy) is 1. The number of nitro benzene ring substituents is 1. The molecule has 3 rings (SSSR count). The molecule has 1 N–H and O–H groups in total. The number of nitrogens with zero attached hydrogens (tertiary/aromatic N) is 2. The molecule has 1 heterocycles. The molecule has 0 unspecified atom stereocenters. The molecule has 0 spiro atoms. The third kappa shape index (κ3) is 3.48. The highest BCUT2D eigenvalue weighted by molar-refractivity contribution is 6.01. The van der Waals surface area contributed by atoms with E-state index >= 15 is 0 Å². The number of hydrogen-bond donors (Lipinski definition) is 1. The van der Waals surface area contributed by atoms with Crippen LogP contribution in [0.3, 0.4) is 0 Å². The second-order valence-corrected chi connectivity index (χ2v) is 5.18. The van der Waals surface area contributed by atoms with Crippen molar-refractivity contribution in [3.8, 4) is 5.75 Å². The van der Waals surface area contributed by atoms with Crippen LogP contribution >= 0.6 is 0 Å². The molecule has 0 bridgehead atoms. The normalized spacial score (nSPS) is 13.8. The first-order valence-electron chi connectivity index (χ1n) is 7.48. The lowest BCUT2D eigenvalue weighted by Crippen LogP contribution is -2.30. The Morgan fingerprint density at radius 3 is 2.74 bits per heavy atom. The molecule has 0 atom stereocenters. The van der Waals surface area contributed by atoms with Gasteiger partial charge in [-0.2, -0.15) is 0 Å². The van der Waals surface area contributed by atoms with Crippen molar-refractivity contribution >= 4 is 11.5 Å². The van der Waals surface area contributed by atoms with E-state index in [0.717, 1.165) is 30.9 Å². The Hall–Kier alpha value is -2.89. The SMILES string of the molecule is O=[N+]([O-])c1ccccc1COc1ccccc1C1=NCCCN1. The maximum Gasteiger partial charge on any atom is 0.276 e. The van der Waals surface area contributed by atoms with Crippen LogP contribution in [0.4, 0.5) is 5.69 Å². The van der Waals surface area contributed by atoms with Gasteiger partial charge in [-0.25, -0.2) is 0 Å². The van der Waals surface area contributed by atoms with E-state index in [4.69, 9.17) is 4.74 Å². The summed E-state index contributed by atoms with van der Waals surface area (Å²) in [6, 6.07) is 14.2. The van der Waals surface area contributed by atoms with Crippen molar-refractivity contribution in [1.82, 2.24) is 5.32 Å². The van der Waals surface area contributed by atoms with Gasteiger partial charge in [-0.3, -0.25) is 15.1 Å². The summed E-state index contributed by atoms with van der Waals surface area (Å²) in [5, 5.41) is 14.3. The monoisotopic (exact) mass is 311 g/mol. The lowest BCUT2D eigenvalue weighted by molar-refractivity contribution is -0.385. The predicted octanol–water partition coefficient (Wildman–Crippen LogP) is 2.91. The van der Waals surface area contributed by atoms with Gasteiger partial charge in [-0.15, -0.1) is 0 Å². The molecule has 0 amide bonds. The first-order valence-corrected chi connectivity index (χ1v) is 7.48. The number of aliphatic imine (C=N–C) groups is 1. The van der Waals surface area contributed by atoms with Gasteiger partial charge in [0.2, 0.25) is 0 Å². The van der Waals surface area contributed by atoms with Crippen molar-refractivity contribution in [3.05, 3.63) is 69.8 Å². The fraction of sp³-hybridized carbons (Fsp3) is 0.235. The zero-order valence-corrected chi connectivity index (χ0v) is 12.6. The van der Waals surface area contributed by atoms with E-state index in [-0.39, 0.29) is 12.3 Å². The van der Waals surface area contributed by atoms with E-state index in [1.807, 2.05) is 24.3 Å². The van der Waals surface area contributed by atoms with Crippen LogP contribution in [0, 0.1) is 10.1 Å². The van der Waals surface area contributed by atoms with Gasteiger partial charge in [0.15, 0.2) is 0 Å². The smallest absolute Gasteiger partial charge is 0.276 e. The van der Waals surface area contributed by atoms with Crippen molar-refractivity contribution in [3.63, 3.8) is 0 Å². The summed E-state index contributed by atoms with van der Waals surface area (Å²) in [4.78, 5) is 15.2. The second-order valence-electron chi connectivity index (χ2n) is 5.18. The van der Waals surface area contributed by atoms with Crippen LogP contribution in [0.25, 0.3) is 0 Å². The van der Waals surface area contributed by atoms with Crippen LogP contribution in [0.15, 0.2) is 53.5 Å². The number of hydrogen-bond acceptors (Lipinski definition) is 5. The molecule has 6 nitrogen and oxygen atoms in total. The van der Waals surface area contributed by atoms with Gasteiger partial charge in [0, 0.05) is 19.2 Å². The molecule has 0 radical (unpaired) electrons. The molecular weight excluding hydrogens is 294 g/mol. The number of nitrogens with one attached hydrogen (secondary N) is 1. The summed E-state index contributed by atoms with van der Waals surface area (Å²) in [6.45, 7) is 1.82. The largest absolute Gasteiger partial charge is 0.488 e. The van der Waals surface area contributed by atoms with Gasteiger partial charge in [-0.05, 0) is 24.6 Å². The average molecular weight is 311 g/mol. The Morgan fingerprint density at radius 1 is 1.17 bits per heavy atom. The van der Waals surface area contributed by atoms with Crippen molar-refractivity contribution in [2.45, 2.75) is 13.0 Å². The minimum absolute atomic E-state index is 0.0677. The summed E-state index contributed by atoms with van der Waals surface area (Å²) in [5.74, 6) is 1.48. The summed E-state index contributed by atoms with van der Waals surface area (Å²) < 4.78 is 5.84. The number of nitro groups is 1. The Balaban J connectivity index is 1.82. The molecule has 0 aromatic heterocycles. The quantitative estimate of drug-likeness (QED) is 0.680. The lowest BCUT2D eigenvalue weighted by atomic mass is 10.1. The molecule has 6 heteroatoms. The summed E-state index contributed by atoms with van der Waals surface area (Å²) >= 11 is 0. The Labute approximate surface area is 134 Å². The number of benzene rings is 2. The van der Waals surface area contributed by atoms with Gasteiger partial charge in [0.1, 0.15) is 18.2 Å². The molecule has 1 aliphatic heterocycles. The minimum atomic E-state index is -0.391. The van der Waals surface area contributed by atoms with Crippen LogP contribution in [0.2, 0.25) is 0 Å². The van der Waals surface area contributed by atoms with Crippen molar-refractivity contribution in [2.24, 2.45) is 4.99 Å². The van der Waals surface area contributed by atoms with Crippen LogP contribution in [-0.4, -0.2) is 23.8 Å². The molecule has 0 saturated heterocycles. The molecule has 0 aliphatic carbocycles. The first kappa shape index (κ1) is 15.0. The van der Waals surface area contributed by atoms with E-state index in [1.54, 1.807) is 18.2 Å². The standard InChI is InChI=1S/C17H17N3O3/c21-20(22)15-8-3-1-6-13(15)12-23-16-9-4-2-7-14(16)17-18-10-5-11-19-17/h1-4,6-9H,5,10-12H2,(H,18,19). The van der Waals surface area contributed by atoms with Crippen molar-refractivity contribution in [1.29, 1.82) is 0 Å². The Bertz CT molecular complexity index is 743. The number of rotatable bonds is 5. The highest BCUT2D eigenvalue weighted by Crippen LogP contribution is 2.23. The average Bonchev–Trinajstić information content (AvgIpc) is 2.61. The van der Waals surface area contributed by atoms with E-state index in [0.29, 0.717) is 11.3 Å². The first-order chi connectivity index (χ1) is 11.3. The van der Waals surface area contributed by atoms with Crippen LogP contribution < -0.4 is 10.1 Å². The molecular formula is C17H17N3O3. The Morgan fingerprint density at radius 2 is 1.96 bits per heavy atom. The second kappa shape index (κ2) is 6.91. The minimum Gasteiger partial charge on any atom is -0.488 e. The van der Waals surface area contributed by atoms with Gasteiger partial charge in [-0.1, -0.05) is 24.3 Å². The van der Waals surface area contributed by atoms with Gasteiger partial charge in [0.05, 0.1) is 16.1 Å². The predicted molar refractivity (Wildman–Crippen MR) is 87.9 cm³/mol. The van der Waals surface area contributed by atoms with E-state index in [2.05, 4.69) is 10.3 Å². The van der Waals surface area contributed by atoms with Gasteiger partial charge >= 0.3 is 0 Å². The molecule has 1 aliphatic rings. The zero-order chi connectivity index (χ0) is 16.1. The van der Waals surface area contributed by atoms with Gasteiger partial charge < -0.3 is 10.1 Å². The van der Waals surface area contributed by atoms with E-state index in [1.165, 1.54) is 6.07 Å².